The van der Waals surface area contributed by atoms with Crippen molar-refractivity contribution in [1.29, 1.82) is 0 Å². The summed E-state index contributed by atoms with van der Waals surface area (Å²) in [5, 5.41) is 0. The third kappa shape index (κ3) is 2.75. The van der Waals surface area contributed by atoms with Crippen LogP contribution in [-0.2, 0) is 9.53 Å². The van der Waals surface area contributed by atoms with Gasteiger partial charge in [0.05, 0.1) is 6.61 Å². The Bertz CT molecular complexity index is 478. The predicted molar refractivity (Wildman–Crippen MR) is 65.9 cm³/mol. The van der Waals surface area contributed by atoms with E-state index in [0.29, 0.717) is 11.1 Å². The summed E-state index contributed by atoms with van der Waals surface area (Å²) in [5.41, 5.74) is -0.576. The fourth-order valence-corrected chi connectivity index (χ4v) is 1.55. The summed E-state index contributed by atoms with van der Waals surface area (Å²) in [6.07, 6.45) is 0. The molecule has 3 nitrogen and oxygen atoms in total. The number of ketones is 1. The Balaban J connectivity index is 3.05. The molecule has 0 heterocycles. The number of hydrogen-bond acceptors (Lipinski definition) is 3. The zero-order valence-corrected chi connectivity index (χ0v) is 11.0. The quantitative estimate of drug-likeness (QED) is 0.470. The smallest absolute Gasteiger partial charge is 0.319 e. The van der Waals surface area contributed by atoms with Gasteiger partial charge in [-0.1, -0.05) is 0 Å². The van der Waals surface area contributed by atoms with Gasteiger partial charge >= 0.3 is 5.97 Å². The van der Waals surface area contributed by atoms with Crippen LogP contribution in [0.2, 0.25) is 0 Å². The Kier molecular flexibility index (Phi) is 4.22. The van der Waals surface area contributed by atoms with E-state index in [1.165, 1.54) is 32.0 Å². The zero-order valence-electron chi connectivity index (χ0n) is 11.0. The second-order valence-corrected chi connectivity index (χ2v) is 4.64. The summed E-state index contributed by atoms with van der Waals surface area (Å²) in [6, 6.07) is 4.05. The molecule has 0 spiro atoms. The molecule has 0 bridgehead atoms. The minimum absolute atomic E-state index is 0.220. The van der Waals surface area contributed by atoms with Crippen LogP contribution in [0, 0.1) is 18.2 Å². The van der Waals surface area contributed by atoms with Gasteiger partial charge in [-0.05, 0) is 51.5 Å². The van der Waals surface area contributed by atoms with Crippen LogP contribution in [0.5, 0.6) is 0 Å². The lowest BCUT2D eigenvalue weighted by molar-refractivity contribution is -0.150. The van der Waals surface area contributed by atoms with Crippen molar-refractivity contribution in [3.8, 4) is 0 Å². The van der Waals surface area contributed by atoms with Gasteiger partial charge in [-0.15, -0.1) is 0 Å². The van der Waals surface area contributed by atoms with Crippen molar-refractivity contribution in [2.75, 3.05) is 6.61 Å². The second kappa shape index (κ2) is 5.29. The number of aryl methyl sites for hydroxylation is 1. The van der Waals surface area contributed by atoms with Crippen LogP contribution in [-0.4, -0.2) is 18.4 Å². The highest BCUT2D eigenvalue weighted by molar-refractivity contribution is 6.11. The van der Waals surface area contributed by atoms with Gasteiger partial charge in [0.2, 0.25) is 0 Å². The van der Waals surface area contributed by atoms with Crippen LogP contribution in [0.4, 0.5) is 4.39 Å². The number of hydrogen-bond donors (Lipinski definition) is 0. The third-order valence-electron chi connectivity index (χ3n) is 2.77. The van der Waals surface area contributed by atoms with Gasteiger partial charge in [-0.25, -0.2) is 4.39 Å². The molecule has 0 saturated heterocycles. The largest absolute Gasteiger partial charge is 0.465 e. The minimum atomic E-state index is -1.26. The van der Waals surface area contributed by atoms with E-state index in [-0.39, 0.29) is 18.2 Å². The molecule has 0 unspecified atom stereocenters. The van der Waals surface area contributed by atoms with Crippen molar-refractivity contribution in [2.45, 2.75) is 27.7 Å². The summed E-state index contributed by atoms with van der Waals surface area (Å²) in [7, 11) is 0. The minimum Gasteiger partial charge on any atom is -0.465 e. The van der Waals surface area contributed by atoms with E-state index in [1.807, 2.05) is 0 Å². The van der Waals surface area contributed by atoms with E-state index in [9.17, 15) is 14.0 Å². The van der Waals surface area contributed by atoms with E-state index in [4.69, 9.17) is 4.74 Å². The van der Waals surface area contributed by atoms with Gasteiger partial charge in [0.1, 0.15) is 11.2 Å². The molecule has 4 heteroatoms. The fourth-order valence-electron chi connectivity index (χ4n) is 1.55. The summed E-state index contributed by atoms with van der Waals surface area (Å²) < 4.78 is 18.0. The van der Waals surface area contributed by atoms with Crippen molar-refractivity contribution in [2.24, 2.45) is 5.41 Å². The predicted octanol–water partition coefficient (Wildman–Crippen LogP) is 2.91. The van der Waals surface area contributed by atoms with Gasteiger partial charge in [0.25, 0.3) is 0 Å². The van der Waals surface area contributed by atoms with E-state index in [2.05, 4.69) is 0 Å². The molecule has 0 N–H and O–H groups in total. The molecule has 0 amide bonds. The highest BCUT2D eigenvalue weighted by Crippen LogP contribution is 2.24. The molecule has 0 aliphatic rings. The highest BCUT2D eigenvalue weighted by Gasteiger charge is 2.38. The topological polar surface area (TPSA) is 43.4 Å². The molecule has 0 aliphatic carbocycles. The molecule has 0 aromatic heterocycles. The molecular formula is C14H17FO3. The van der Waals surface area contributed by atoms with Crippen molar-refractivity contribution in [3.05, 3.63) is 35.1 Å². The van der Waals surface area contributed by atoms with Crippen LogP contribution in [0.25, 0.3) is 0 Å². The van der Waals surface area contributed by atoms with E-state index in [1.54, 1.807) is 13.8 Å². The fraction of sp³-hybridized carbons (Fsp3) is 0.429. The second-order valence-electron chi connectivity index (χ2n) is 4.64. The monoisotopic (exact) mass is 252 g/mol. The van der Waals surface area contributed by atoms with Crippen LogP contribution in [0.1, 0.15) is 36.7 Å². The first-order valence-corrected chi connectivity index (χ1v) is 5.79. The molecule has 1 rings (SSSR count). The van der Waals surface area contributed by atoms with E-state index >= 15 is 0 Å². The Morgan fingerprint density at radius 3 is 2.44 bits per heavy atom. The molecule has 0 saturated carbocycles. The Labute approximate surface area is 106 Å². The molecule has 0 radical (unpaired) electrons. The maximum atomic E-state index is 13.1. The van der Waals surface area contributed by atoms with Crippen LogP contribution in [0.15, 0.2) is 18.2 Å². The molecule has 18 heavy (non-hydrogen) atoms. The number of rotatable bonds is 4. The van der Waals surface area contributed by atoms with E-state index < -0.39 is 11.4 Å². The first-order valence-electron chi connectivity index (χ1n) is 5.79. The van der Waals surface area contributed by atoms with Gasteiger partial charge in [0.15, 0.2) is 5.78 Å². The van der Waals surface area contributed by atoms with Crippen LogP contribution < -0.4 is 0 Å². The lowest BCUT2D eigenvalue weighted by Gasteiger charge is -2.21. The summed E-state index contributed by atoms with van der Waals surface area (Å²) in [5.74, 6) is -1.32. The molecule has 0 atom stereocenters. The highest BCUT2D eigenvalue weighted by atomic mass is 19.1. The molecule has 98 valence electrons. The number of carbonyl (C=O) groups is 2. The number of halogens is 1. The Hall–Kier alpha value is -1.71. The number of Topliss-reactive ketones (excluding diaryl/α,β-unsaturated/α-hetero) is 1. The van der Waals surface area contributed by atoms with Crippen molar-refractivity contribution < 1.29 is 18.7 Å². The summed E-state index contributed by atoms with van der Waals surface area (Å²) in [6.45, 7) is 6.49. The molecule has 0 fully saturated rings. The first-order chi connectivity index (χ1) is 8.30. The maximum Gasteiger partial charge on any atom is 0.319 e. The number of carbonyl (C=O) groups excluding carboxylic acids is 2. The van der Waals surface area contributed by atoms with Gasteiger partial charge < -0.3 is 4.74 Å². The van der Waals surface area contributed by atoms with Gasteiger partial charge in [-0.3, -0.25) is 9.59 Å². The van der Waals surface area contributed by atoms with Crippen LogP contribution in [0.3, 0.4) is 0 Å². The van der Waals surface area contributed by atoms with Crippen molar-refractivity contribution in [1.82, 2.24) is 0 Å². The number of ether oxygens (including phenoxy) is 1. The average Bonchev–Trinajstić information content (AvgIpc) is 2.32. The Morgan fingerprint density at radius 2 is 1.94 bits per heavy atom. The number of benzene rings is 1. The average molecular weight is 252 g/mol. The zero-order chi connectivity index (χ0) is 13.9. The summed E-state index contributed by atoms with van der Waals surface area (Å²) in [4.78, 5) is 23.9. The molecular weight excluding hydrogens is 235 g/mol. The molecule has 1 aromatic rings. The van der Waals surface area contributed by atoms with Crippen molar-refractivity contribution in [3.63, 3.8) is 0 Å². The standard InChI is InChI=1S/C14H17FO3/c1-5-18-13(17)14(3,4)12(16)10-6-7-11(15)9(2)8-10/h6-8H,5H2,1-4H3. The van der Waals surface area contributed by atoms with E-state index in [0.717, 1.165) is 0 Å². The normalized spacial score (nSPS) is 11.2. The maximum absolute atomic E-state index is 13.1. The first kappa shape index (κ1) is 14.4. The van der Waals surface area contributed by atoms with Crippen molar-refractivity contribution >= 4 is 11.8 Å². The molecule has 1 aromatic carbocycles. The SMILES string of the molecule is CCOC(=O)C(C)(C)C(=O)c1ccc(F)c(C)c1. The van der Waals surface area contributed by atoms with Crippen LogP contribution >= 0.6 is 0 Å². The lowest BCUT2D eigenvalue weighted by Crippen LogP contribution is -2.35. The molecule has 0 aliphatic heterocycles. The number of esters is 1. The summed E-state index contributed by atoms with van der Waals surface area (Å²) >= 11 is 0. The van der Waals surface area contributed by atoms with Gasteiger partial charge in [-0.2, -0.15) is 0 Å². The lowest BCUT2D eigenvalue weighted by atomic mass is 9.84. The Morgan fingerprint density at radius 1 is 1.33 bits per heavy atom. The van der Waals surface area contributed by atoms with Gasteiger partial charge in [0, 0.05) is 5.56 Å². The third-order valence-corrected chi connectivity index (χ3v) is 2.77.